The van der Waals surface area contributed by atoms with Crippen LogP contribution in [0.4, 0.5) is 5.69 Å². The highest BCUT2D eigenvalue weighted by atomic mass is 32.1. The summed E-state index contributed by atoms with van der Waals surface area (Å²) >= 11 is 5.17. The van der Waals surface area contributed by atoms with Crippen molar-refractivity contribution in [1.82, 2.24) is 10.3 Å². The number of anilines is 1. The number of furan rings is 1. The lowest BCUT2D eigenvalue weighted by molar-refractivity contribution is 0.0950. The molecule has 6 nitrogen and oxygen atoms in total. The number of hydrogen-bond acceptors (Lipinski definition) is 5. The number of hydrogen-bond donors (Lipinski definition) is 2. The Balaban J connectivity index is 1.37. The molecule has 2 heterocycles. The van der Waals surface area contributed by atoms with E-state index in [1.54, 1.807) is 12.1 Å². The summed E-state index contributed by atoms with van der Waals surface area (Å²) in [5, 5.41) is 5.75. The van der Waals surface area contributed by atoms with Gasteiger partial charge >= 0.3 is 0 Å². The molecule has 2 aromatic heterocycles. The van der Waals surface area contributed by atoms with Crippen LogP contribution in [0.15, 0.2) is 69.7 Å². The molecule has 0 unspecified atom stereocenters. The lowest BCUT2D eigenvalue weighted by atomic mass is 10.1. The Morgan fingerprint density at radius 3 is 2.62 bits per heavy atom. The van der Waals surface area contributed by atoms with Crippen LogP contribution in [0.25, 0.3) is 11.1 Å². The molecule has 4 aromatic rings. The third kappa shape index (κ3) is 4.52. The number of oxazole rings is 1. The Kier molecular flexibility index (Phi) is 5.39. The van der Waals surface area contributed by atoms with Crippen molar-refractivity contribution in [2.75, 3.05) is 5.32 Å². The number of rotatable bonds is 5. The largest absolute Gasteiger partial charge is 0.459 e. The zero-order valence-electron chi connectivity index (χ0n) is 15.8. The highest BCUT2D eigenvalue weighted by molar-refractivity contribution is 7.80. The first-order chi connectivity index (χ1) is 14.1. The van der Waals surface area contributed by atoms with Gasteiger partial charge in [-0.15, -0.1) is 0 Å². The van der Waals surface area contributed by atoms with Crippen LogP contribution in [0.1, 0.15) is 34.5 Å². The van der Waals surface area contributed by atoms with E-state index in [2.05, 4.69) is 34.7 Å². The van der Waals surface area contributed by atoms with Gasteiger partial charge in [0.15, 0.2) is 22.3 Å². The third-order valence-electron chi connectivity index (χ3n) is 4.44. The van der Waals surface area contributed by atoms with E-state index >= 15 is 0 Å². The quantitative estimate of drug-likeness (QED) is 0.469. The minimum absolute atomic E-state index is 0.199. The SMILES string of the molecule is CCc1ccc2oc(Cc3ccc(NC(=S)NC(=O)c4ccco4)cc3)nc2c1. The number of nitrogens with zero attached hydrogens (tertiary/aromatic N) is 1. The Labute approximate surface area is 172 Å². The first-order valence-electron chi connectivity index (χ1n) is 9.24. The average molecular weight is 405 g/mol. The van der Waals surface area contributed by atoms with Crippen LogP contribution >= 0.6 is 12.2 Å². The molecular weight excluding hydrogens is 386 g/mol. The second-order valence-electron chi connectivity index (χ2n) is 6.52. The second kappa shape index (κ2) is 8.28. The molecule has 29 heavy (non-hydrogen) atoms. The number of carbonyl (C=O) groups excluding carboxylic acids is 1. The maximum atomic E-state index is 11.9. The summed E-state index contributed by atoms with van der Waals surface area (Å²) in [7, 11) is 0. The Morgan fingerprint density at radius 1 is 1.10 bits per heavy atom. The van der Waals surface area contributed by atoms with Gasteiger partial charge in [-0.3, -0.25) is 10.1 Å². The summed E-state index contributed by atoms with van der Waals surface area (Å²) < 4.78 is 10.9. The highest BCUT2D eigenvalue weighted by Gasteiger charge is 2.11. The number of thiocarbonyl (C=S) groups is 1. The van der Waals surface area contributed by atoms with Gasteiger partial charge in [-0.1, -0.05) is 25.1 Å². The van der Waals surface area contributed by atoms with Crippen molar-refractivity contribution in [2.24, 2.45) is 0 Å². The van der Waals surface area contributed by atoms with E-state index in [9.17, 15) is 4.79 Å². The molecular formula is C22H19N3O3S. The van der Waals surface area contributed by atoms with Gasteiger partial charge in [0.05, 0.1) is 6.26 Å². The van der Waals surface area contributed by atoms with Crippen molar-refractivity contribution in [3.05, 3.63) is 83.6 Å². The maximum absolute atomic E-state index is 11.9. The number of amides is 1. The van der Waals surface area contributed by atoms with Crippen LogP contribution in [0, 0.1) is 0 Å². The number of aryl methyl sites for hydroxylation is 1. The van der Waals surface area contributed by atoms with Gasteiger partial charge in [0, 0.05) is 12.1 Å². The second-order valence-corrected chi connectivity index (χ2v) is 6.93. The predicted molar refractivity (Wildman–Crippen MR) is 115 cm³/mol. The molecule has 0 aliphatic heterocycles. The highest BCUT2D eigenvalue weighted by Crippen LogP contribution is 2.20. The van der Waals surface area contributed by atoms with Gasteiger partial charge in [0.1, 0.15) is 5.52 Å². The van der Waals surface area contributed by atoms with Gasteiger partial charge < -0.3 is 14.2 Å². The van der Waals surface area contributed by atoms with Crippen LogP contribution in [-0.4, -0.2) is 16.0 Å². The normalized spacial score (nSPS) is 10.8. The predicted octanol–water partition coefficient (Wildman–Crippen LogP) is 4.70. The first-order valence-corrected chi connectivity index (χ1v) is 9.64. The number of nitrogens with one attached hydrogen (secondary N) is 2. The molecule has 0 fully saturated rings. The lowest BCUT2D eigenvalue weighted by Gasteiger charge is -2.09. The number of fused-ring (bicyclic) bond motifs is 1. The van der Waals surface area contributed by atoms with Crippen molar-refractivity contribution in [3.63, 3.8) is 0 Å². The topological polar surface area (TPSA) is 80.3 Å². The Bertz CT molecular complexity index is 1150. The zero-order chi connectivity index (χ0) is 20.2. The average Bonchev–Trinajstić information content (AvgIpc) is 3.38. The molecule has 0 aliphatic carbocycles. The molecule has 2 aromatic carbocycles. The molecule has 0 saturated carbocycles. The van der Waals surface area contributed by atoms with Crippen molar-refractivity contribution < 1.29 is 13.6 Å². The molecule has 0 aliphatic rings. The summed E-state index contributed by atoms with van der Waals surface area (Å²) in [5.74, 6) is 0.482. The molecule has 0 bridgehead atoms. The number of benzene rings is 2. The van der Waals surface area contributed by atoms with Crippen LogP contribution in [0.5, 0.6) is 0 Å². The van der Waals surface area contributed by atoms with Crippen LogP contribution in [-0.2, 0) is 12.8 Å². The van der Waals surface area contributed by atoms with Gasteiger partial charge in [-0.05, 0) is 66.2 Å². The summed E-state index contributed by atoms with van der Waals surface area (Å²) in [5.41, 5.74) is 4.75. The Morgan fingerprint density at radius 2 is 1.90 bits per heavy atom. The fourth-order valence-electron chi connectivity index (χ4n) is 2.93. The summed E-state index contributed by atoms with van der Waals surface area (Å²) in [6.07, 6.45) is 3.00. The van der Waals surface area contributed by atoms with Crippen molar-refractivity contribution in [3.8, 4) is 0 Å². The van der Waals surface area contributed by atoms with Gasteiger partial charge in [0.25, 0.3) is 5.91 Å². The van der Waals surface area contributed by atoms with Crippen LogP contribution < -0.4 is 10.6 Å². The van der Waals surface area contributed by atoms with Crippen molar-refractivity contribution >= 4 is 40.0 Å². The number of aromatic nitrogens is 1. The maximum Gasteiger partial charge on any atom is 0.293 e. The van der Waals surface area contributed by atoms with E-state index in [4.69, 9.17) is 21.1 Å². The minimum atomic E-state index is -0.397. The third-order valence-corrected chi connectivity index (χ3v) is 4.65. The molecule has 1 amide bonds. The Hall–Kier alpha value is -3.45. The molecule has 0 spiro atoms. The van der Waals surface area contributed by atoms with Gasteiger partial charge in [-0.2, -0.15) is 0 Å². The fraction of sp³-hybridized carbons (Fsp3) is 0.136. The fourth-order valence-corrected chi connectivity index (χ4v) is 3.14. The standard InChI is InChI=1S/C22H19N3O3S/c1-2-14-7-10-18-17(12-14)24-20(28-18)13-15-5-8-16(9-6-15)23-22(29)25-21(26)19-4-3-11-27-19/h3-12H,2,13H2,1H3,(H2,23,25,26,29). The summed E-state index contributed by atoms with van der Waals surface area (Å²) in [6.45, 7) is 2.12. The van der Waals surface area contributed by atoms with Crippen molar-refractivity contribution in [1.29, 1.82) is 0 Å². The molecule has 7 heteroatoms. The minimum Gasteiger partial charge on any atom is -0.459 e. The van der Waals surface area contributed by atoms with Crippen molar-refractivity contribution in [2.45, 2.75) is 19.8 Å². The molecule has 4 rings (SSSR count). The zero-order valence-corrected chi connectivity index (χ0v) is 16.6. The smallest absolute Gasteiger partial charge is 0.293 e. The molecule has 0 radical (unpaired) electrons. The number of carbonyl (C=O) groups is 1. The van der Waals surface area contributed by atoms with E-state index < -0.39 is 5.91 Å². The molecule has 2 N–H and O–H groups in total. The van der Waals surface area contributed by atoms with Crippen LogP contribution in [0.2, 0.25) is 0 Å². The monoisotopic (exact) mass is 405 g/mol. The summed E-state index contributed by atoms with van der Waals surface area (Å²) in [6, 6.07) is 17.0. The molecule has 146 valence electrons. The van der Waals surface area contributed by atoms with Crippen LogP contribution in [0.3, 0.4) is 0 Å². The molecule has 0 atom stereocenters. The van der Waals surface area contributed by atoms with E-state index in [0.29, 0.717) is 12.3 Å². The van der Waals surface area contributed by atoms with E-state index in [1.165, 1.54) is 11.8 Å². The van der Waals surface area contributed by atoms with Gasteiger partial charge in [0.2, 0.25) is 0 Å². The lowest BCUT2D eigenvalue weighted by Crippen LogP contribution is -2.33. The summed E-state index contributed by atoms with van der Waals surface area (Å²) in [4.78, 5) is 16.5. The van der Waals surface area contributed by atoms with E-state index in [-0.39, 0.29) is 10.9 Å². The van der Waals surface area contributed by atoms with Gasteiger partial charge in [-0.25, -0.2) is 4.98 Å². The first kappa shape index (κ1) is 18.9. The van der Waals surface area contributed by atoms with E-state index in [0.717, 1.165) is 28.8 Å². The van der Waals surface area contributed by atoms with E-state index in [1.807, 2.05) is 30.3 Å². The molecule has 0 saturated heterocycles.